The Balaban J connectivity index is 1.55. The number of imidazole rings is 1. The van der Waals surface area contributed by atoms with Gasteiger partial charge in [-0.3, -0.25) is 9.20 Å². The molecule has 0 spiro atoms. The maximum absolute atomic E-state index is 12.9. The Labute approximate surface area is 133 Å². The van der Waals surface area contributed by atoms with Crippen LogP contribution in [0.2, 0.25) is 0 Å². The Morgan fingerprint density at radius 3 is 2.65 bits per heavy atom. The fourth-order valence-electron chi connectivity index (χ4n) is 3.24. The van der Waals surface area contributed by atoms with Crippen molar-refractivity contribution >= 4 is 11.6 Å². The Hall–Kier alpha value is -2.70. The summed E-state index contributed by atoms with van der Waals surface area (Å²) < 4.78 is 1.87. The second-order valence-corrected chi connectivity index (χ2v) is 5.85. The molecule has 7 nitrogen and oxygen atoms in total. The number of likely N-dealkylation sites (tertiary alicyclic amines) is 1. The molecule has 0 aliphatic carbocycles. The highest BCUT2D eigenvalue weighted by Crippen LogP contribution is 2.23. The number of aryl methyl sites for hydroxylation is 1. The summed E-state index contributed by atoms with van der Waals surface area (Å²) in [6.45, 7) is 3.32. The van der Waals surface area contributed by atoms with Crippen molar-refractivity contribution in [3.8, 4) is 0 Å². The van der Waals surface area contributed by atoms with Crippen LogP contribution in [0.5, 0.6) is 0 Å². The molecule has 0 unspecified atom stereocenters. The van der Waals surface area contributed by atoms with Crippen LogP contribution in [-0.4, -0.2) is 48.3 Å². The van der Waals surface area contributed by atoms with Crippen LogP contribution in [0.4, 0.5) is 0 Å². The summed E-state index contributed by atoms with van der Waals surface area (Å²) in [6, 6.07) is 6.04. The average Bonchev–Trinajstić information content (AvgIpc) is 3.21. The normalized spacial score (nSPS) is 16.1. The topological polar surface area (TPSA) is 68.3 Å². The van der Waals surface area contributed by atoms with Crippen LogP contribution in [-0.2, 0) is 0 Å². The number of carbonyl (C=O) groups excluding carboxylic acids is 1. The molecule has 0 N–H and O–H groups in total. The molecule has 1 amide bonds. The zero-order chi connectivity index (χ0) is 15.8. The van der Waals surface area contributed by atoms with Crippen LogP contribution in [0.25, 0.3) is 5.65 Å². The lowest BCUT2D eigenvalue weighted by molar-refractivity contribution is 0.0676. The van der Waals surface area contributed by atoms with Crippen molar-refractivity contribution in [1.82, 2.24) is 29.3 Å². The number of piperidine rings is 1. The first-order valence-corrected chi connectivity index (χ1v) is 7.83. The molecule has 0 bridgehead atoms. The molecule has 23 heavy (non-hydrogen) atoms. The Kier molecular flexibility index (Phi) is 3.33. The SMILES string of the molecule is Cc1nc2ccccn2c1C(=O)N1CCC(n2nccn2)CC1. The lowest BCUT2D eigenvalue weighted by atomic mass is 10.1. The largest absolute Gasteiger partial charge is 0.337 e. The first-order valence-electron chi connectivity index (χ1n) is 7.83. The van der Waals surface area contributed by atoms with Gasteiger partial charge in [0.25, 0.3) is 5.91 Å². The van der Waals surface area contributed by atoms with Gasteiger partial charge in [-0.05, 0) is 31.9 Å². The number of rotatable bonds is 2. The van der Waals surface area contributed by atoms with Crippen molar-refractivity contribution in [2.75, 3.05) is 13.1 Å². The number of carbonyl (C=O) groups is 1. The third-order valence-corrected chi connectivity index (χ3v) is 4.42. The molecule has 0 saturated carbocycles. The van der Waals surface area contributed by atoms with E-state index in [0.29, 0.717) is 18.8 Å². The van der Waals surface area contributed by atoms with E-state index in [0.717, 1.165) is 24.2 Å². The third kappa shape index (κ3) is 2.38. The Bertz CT molecular complexity index is 830. The van der Waals surface area contributed by atoms with Gasteiger partial charge in [0, 0.05) is 19.3 Å². The van der Waals surface area contributed by atoms with Crippen LogP contribution >= 0.6 is 0 Å². The maximum Gasteiger partial charge on any atom is 0.272 e. The third-order valence-electron chi connectivity index (χ3n) is 4.42. The number of nitrogens with zero attached hydrogens (tertiary/aromatic N) is 6. The average molecular weight is 310 g/mol. The van der Waals surface area contributed by atoms with Gasteiger partial charge in [-0.2, -0.15) is 15.0 Å². The molecule has 0 aromatic carbocycles. The molecule has 3 aromatic rings. The lowest BCUT2D eigenvalue weighted by Crippen LogP contribution is -2.40. The highest BCUT2D eigenvalue weighted by molar-refractivity contribution is 5.94. The summed E-state index contributed by atoms with van der Waals surface area (Å²) in [4.78, 5) is 21.0. The molecule has 0 atom stereocenters. The molecular weight excluding hydrogens is 292 g/mol. The van der Waals surface area contributed by atoms with E-state index in [9.17, 15) is 4.79 Å². The lowest BCUT2D eigenvalue weighted by Gasteiger charge is -2.31. The number of hydrogen-bond donors (Lipinski definition) is 0. The highest BCUT2D eigenvalue weighted by Gasteiger charge is 2.28. The molecule has 3 aromatic heterocycles. The van der Waals surface area contributed by atoms with E-state index in [1.807, 2.05) is 40.6 Å². The number of pyridine rings is 1. The van der Waals surface area contributed by atoms with Crippen molar-refractivity contribution in [3.05, 3.63) is 48.2 Å². The zero-order valence-corrected chi connectivity index (χ0v) is 13.0. The van der Waals surface area contributed by atoms with Crippen LogP contribution in [0.3, 0.4) is 0 Å². The fourth-order valence-corrected chi connectivity index (χ4v) is 3.24. The predicted molar refractivity (Wildman–Crippen MR) is 84.1 cm³/mol. The molecule has 1 aliphatic rings. The summed E-state index contributed by atoms with van der Waals surface area (Å²) in [7, 11) is 0. The van der Waals surface area contributed by atoms with Gasteiger partial charge in [0.15, 0.2) is 0 Å². The van der Waals surface area contributed by atoms with Crippen LogP contribution in [0.1, 0.15) is 35.1 Å². The molecule has 1 saturated heterocycles. The van der Waals surface area contributed by atoms with Gasteiger partial charge in [0.2, 0.25) is 0 Å². The van der Waals surface area contributed by atoms with Gasteiger partial charge < -0.3 is 4.90 Å². The number of aromatic nitrogens is 5. The molecule has 1 fully saturated rings. The second kappa shape index (κ2) is 5.49. The Morgan fingerprint density at radius 2 is 1.91 bits per heavy atom. The fraction of sp³-hybridized carbons (Fsp3) is 0.375. The Morgan fingerprint density at radius 1 is 1.17 bits per heavy atom. The van der Waals surface area contributed by atoms with Crippen molar-refractivity contribution in [3.63, 3.8) is 0 Å². The van der Waals surface area contributed by atoms with Crippen molar-refractivity contribution in [2.24, 2.45) is 0 Å². The second-order valence-electron chi connectivity index (χ2n) is 5.85. The summed E-state index contributed by atoms with van der Waals surface area (Å²) in [5.74, 6) is 0.0491. The predicted octanol–water partition coefficient (Wildman–Crippen LogP) is 1.71. The first kappa shape index (κ1) is 13.9. The van der Waals surface area contributed by atoms with E-state index >= 15 is 0 Å². The smallest absolute Gasteiger partial charge is 0.272 e. The summed E-state index contributed by atoms with van der Waals surface area (Å²) >= 11 is 0. The van der Waals surface area contributed by atoms with Gasteiger partial charge in [-0.25, -0.2) is 4.98 Å². The van der Waals surface area contributed by atoms with Gasteiger partial charge in [-0.15, -0.1) is 0 Å². The quantitative estimate of drug-likeness (QED) is 0.722. The molecule has 4 rings (SSSR count). The van der Waals surface area contributed by atoms with E-state index in [1.165, 1.54) is 0 Å². The molecule has 118 valence electrons. The highest BCUT2D eigenvalue weighted by atomic mass is 16.2. The maximum atomic E-state index is 12.9. The monoisotopic (exact) mass is 310 g/mol. The summed E-state index contributed by atoms with van der Waals surface area (Å²) in [5.41, 5.74) is 2.25. The van der Waals surface area contributed by atoms with E-state index in [2.05, 4.69) is 15.2 Å². The molecular formula is C16H18N6O. The van der Waals surface area contributed by atoms with Crippen LogP contribution in [0.15, 0.2) is 36.8 Å². The first-order chi connectivity index (χ1) is 11.2. The van der Waals surface area contributed by atoms with Gasteiger partial charge in [0.1, 0.15) is 11.3 Å². The van der Waals surface area contributed by atoms with Gasteiger partial charge >= 0.3 is 0 Å². The molecule has 0 radical (unpaired) electrons. The van der Waals surface area contributed by atoms with E-state index in [1.54, 1.807) is 17.2 Å². The van der Waals surface area contributed by atoms with E-state index < -0.39 is 0 Å². The number of amides is 1. The minimum atomic E-state index is 0.0491. The minimum Gasteiger partial charge on any atom is -0.337 e. The zero-order valence-electron chi connectivity index (χ0n) is 13.0. The molecule has 7 heteroatoms. The number of hydrogen-bond acceptors (Lipinski definition) is 4. The van der Waals surface area contributed by atoms with E-state index in [4.69, 9.17) is 0 Å². The molecule has 1 aliphatic heterocycles. The minimum absolute atomic E-state index is 0.0491. The molecule has 4 heterocycles. The van der Waals surface area contributed by atoms with Crippen LogP contribution < -0.4 is 0 Å². The van der Waals surface area contributed by atoms with E-state index in [-0.39, 0.29) is 11.9 Å². The standard InChI is InChI=1S/C16H18N6O/c1-12-15(21-9-3-2-4-14(21)19-12)16(23)20-10-5-13(6-11-20)22-17-7-8-18-22/h2-4,7-9,13H,5-6,10-11H2,1H3. The number of fused-ring (bicyclic) bond motifs is 1. The summed E-state index contributed by atoms with van der Waals surface area (Å²) in [5, 5.41) is 8.41. The van der Waals surface area contributed by atoms with Gasteiger partial charge in [0.05, 0.1) is 24.1 Å². The van der Waals surface area contributed by atoms with Crippen molar-refractivity contribution in [1.29, 1.82) is 0 Å². The van der Waals surface area contributed by atoms with Crippen LogP contribution in [0, 0.1) is 6.92 Å². The van der Waals surface area contributed by atoms with Crippen molar-refractivity contribution in [2.45, 2.75) is 25.8 Å². The van der Waals surface area contributed by atoms with Crippen molar-refractivity contribution < 1.29 is 4.79 Å². The summed E-state index contributed by atoms with van der Waals surface area (Å²) in [6.07, 6.45) is 7.02. The van der Waals surface area contributed by atoms with Gasteiger partial charge in [-0.1, -0.05) is 6.07 Å².